The Morgan fingerprint density at radius 3 is 2.74 bits per heavy atom. The van der Waals surface area contributed by atoms with Crippen LogP contribution in [-0.2, 0) is 14.3 Å². The Morgan fingerprint density at radius 1 is 1.32 bits per heavy atom. The quantitative estimate of drug-likeness (QED) is 0.786. The molecule has 0 saturated carbocycles. The van der Waals surface area contributed by atoms with Crippen molar-refractivity contribution in [1.29, 1.82) is 0 Å². The van der Waals surface area contributed by atoms with Gasteiger partial charge in [-0.25, -0.2) is 0 Å². The number of cyclic esters (lactones) is 1. The minimum absolute atomic E-state index is 0.0459. The third kappa shape index (κ3) is 1.94. The zero-order valence-electron chi connectivity index (χ0n) is 10.9. The summed E-state index contributed by atoms with van der Waals surface area (Å²) in [5.41, 5.74) is 2.26. The van der Waals surface area contributed by atoms with E-state index in [0.29, 0.717) is 12.8 Å². The van der Waals surface area contributed by atoms with Crippen LogP contribution >= 0.6 is 0 Å². The minimum Gasteiger partial charge on any atom is -0.465 e. The molecule has 1 fully saturated rings. The molecule has 3 rings (SSSR count). The van der Waals surface area contributed by atoms with E-state index in [4.69, 9.17) is 4.74 Å². The molecule has 1 heterocycles. The van der Waals surface area contributed by atoms with Gasteiger partial charge in [-0.3, -0.25) is 9.59 Å². The van der Waals surface area contributed by atoms with E-state index in [1.807, 2.05) is 0 Å². The molecule has 1 unspecified atom stereocenters. The second-order valence-corrected chi connectivity index (χ2v) is 5.70. The van der Waals surface area contributed by atoms with E-state index < -0.39 is 5.41 Å². The molecule has 0 amide bonds. The standard InChI is InChI=1S/C15H18O4/c16-6-5-11-7-15(8-12(17)19-9-15)14(18)13(11)10-3-1-2-4-10/h3,16H,1-2,4-9H2. The van der Waals surface area contributed by atoms with Gasteiger partial charge < -0.3 is 9.84 Å². The minimum atomic E-state index is -0.666. The summed E-state index contributed by atoms with van der Waals surface area (Å²) in [6.07, 6.45) is 6.45. The molecule has 0 aromatic heterocycles. The third-order valence-corrected chi connectivity index (χ3v) is 4.38. The van der Waals surface area contributed by atoms with E-state index in [-0.39, 0.29) is 31.4 Å². The molecule has 1 N–H and O–H groups in total. The maximum Gasteiger partial charge on any atom is 0.306 e. The number of allylic oxidation sites excluding steroid dienone is 3. The van der Waals surface area contributed by atoms with E-state index >= 15 is 0 Å². The van der Waals surface area contributed by atoms with Gasteiger partial charge >= 0.3 is 5.97 Å². The fourth-order valence-corrected chi connectivity index (χ4v) is 3.48. The lowest BCUT2D eigenvalue weighted by atomic mass is 9.81. The highest BCUT2D eigenvalue weighted by Crippen LogP contribution is 2.49. The molecule has 19 heavy (non-hydrogen) atoms. The Kier molecular flexibility index (Phi) is 3.05. The van der Waals surface area contributed by atoms with Crippen molar-refractivity contribution in [2.45, 2.75) is 38.5 Å². The number of carbonyl (C=O) groups is 2. The fourth-order valence-electron chi connectivity index (χ4n) is 3.48. The number of hydrogen-bond donors (Lipinski definition) is 1. The zero-order valence-corrected chi connectivity index (χ0v) is 10.9. The van der Waals surface area contributed by atoms with Crippen LogP contribution in [-0.4, -0.2) is 30.1 Å². The largest absolute Gasteiger partial charge is 0.465 e. The number of aliphatic hydroxyl groups excluding tert-OH is 1. The van der Waals surface area contributed by atoms with E-state index in [2.05, 4.69) is 6.08 Å². The molecule has 102 valence electrons. The van der Waals surface area contributed by atoms with E-state index in [1.54, 1.807) is 0 Å². The van der Waals surface area contributed by atoms with Crippen molar-refractivity contribution in [3.8, 4) is 0 Å². The van der Waals surface area contributed by atoms with E-state index in [9.17, 15) is 14.7 Å². The van der Waals surface area contributed by atoms with Gasteiger partial charge in [0.2, 0.25) is 0 Å². The van der Waals surface area contributed by atoms with Crippen molar-refractivity contribution in [1.82, 2.24) is 0 Å². The number of aliphatic hydroxyl groups is 1. The van der Waals surface area contributed by atoms with Crippen LogP contribution in [0.4, 0.5) is 0 Å². The van der Waals surface area contributed by atoms with Gasteiger partial charge in [0.1, 0.15) is 6.61 Å². The summed E-state index contributed by atoms with van der Waals surface area (Å²) in [6.45, 7) is 0.251. The lowest BCUT2D eigenvalue weighted by molar-refractivity contribution is -0.137. The Balaban J connectivity index is 1.95. The molecule has 4 heteroatoms. The number of Topliss-reactive ketones (excluding diaryl/α,β-unsaturated/α-hetero) is 1. The highest BCUT2D eigenvalue weighted by molar-refractivity contribution is 6.09. The highest BCUT2D eigenvalue weighted by Gasteiger charge is 2.53. The monoisotopic (exact) mass is 262 g/mol. The molecule has 2 aliphatic carbocycles. The topological polar surface area (TPSA) is 63.6 Å². The van der Waals surface area contributed by atoms with Gasteiger partial charge in [-0.1, -0.05) is 11.6 Å². The highest BCUT2D eigenvalue weighted by atomic mass is 16.5. The molecule has 3 aliphatic rings. The molecule has 0 aromatic rings. The van der Waals surface area contributed by atoms with Crippen molar-refractivity contribution < 1.29 is 19.4 Å². The summed E-state index contributed by atoms with van der Waals surface area (Å²) in [5.74, 6) is -0.215. The van der Waals surface area contributed by atoms with Gasteiger partial charge in [-0.2, -0.15) is 0 Å². The number of ether oxygens (including phenoxy) is 1. The first-order chi connectivity index (χ1) is 9.16. The van der Waals surface area contributed by atoms with Crippen LogP contribution in [0.5, 0.6) is 0 Å². The molecule has 0 radical (unpaired) electrons. The van der Waals surface area contributed by atoms with Gasteiger partial charge in [0, 0.05) is 12.2 Å². The lowest BCUT2D eigenvalue weighted by Gasteiger charge is -2.17. The van der Waals surface area contributed by atoms with Crippen LogP contribution < -0.4 is 0 Å². The maximum absolute atomic E-state index is 12.7. The third-order valence-electron chi connectivity index (χ3n) is 4.38. The lowest BCUT2D eigenvalue weighted by Crippen LogP contribution is -2.28. The van der Waals surface area contributed by atoms with Crippen molar-refractivity contribution in [3.63, 3.8) is 0 Å². The van der Waals surface area contributed by atoms with E-state index in [1.165, 1.54) is 0 Å². The van der Waals surface area contributed by atoms with Crippen LogP contribution in [0.25, 0.3) is 0 Å². The van der Waals surface area contributed by atoms with Crippen LogP contribution in [0.2, 0.25) is 0 Å². The Labute approximate surface area is 112 Å². The molecule has 1 atom stereocenters. The Morgan fingerprint density at radius 2 is 2.16 bits per heavy atom. The number of hydrogen-bond acceptors (Lipinski definition) is 4. The smallest absolute Gasteiger partial charge is 0.306 e. The maximum atomic E-state index is 12.7. The molecule has 1 saturated heterocycles. The molecule has 0 bridgehead atoms. The number of esters is 1. The number of ketones is 1. The molecular formula is C15H18O4. The molecule has 1 spiro atoms. The van der Waals surface area contributed by atoms with Gasteiger partial charge in [-0.15, -0.1) is 0 Å². The average Bonchev–Trinajstić information content (AvgIpc) is 3.05. The SMILES string of the molecule is O=C1CC2(CO1)CC(CCO)=C(C1=CCCC1)C2=O. The summed E-state index contributed by atoms with van der Waals surface area (Å²) in [7, 11) is 0. The molecule has 4 nitrogen and oxygen atoms in total. The Hall–Kier alpha value is -1.42. The molecular weight excluding hydrogens is 244 g/mol. The first kappa shape index (κ1) is 12.6. The van der Waals surface area contributed by atoms with Gasteiger partial charge in [0.15, 0.2) is 5.78 Å². The average molecular weight is 262 g/mol. The van der Waals surface area contributed by atoms with Gasteiger partial charge in [0.05, 0.1) is 11.8 Å². The predicted octanol–water partition coefficient (Wildman–Crippen LogP) is 1.68. The van der Waals surface area contributed by atoms with Gasteiger partial charge in [-0.05, 0) is 37.7 Å². The van der Waals surface area contributed by atoms with Crippen molar-refractivity contribution >= 4 is 11.8 Å². The summed E-state index contributed by atoms with van der Waals surface area (Å²) in [6, 6.07) is 0. The van der Waals surface area contributed by atoms with Crippen LogP contribution in [0.15, 0.2) is 22.8 Å². The first-order valence-corrected chi connectivity index (χ1v) is 6.89. The summed E-state index contributed by atoms with van der Waals surface area (Å²) < 4.78 is 5.03. The van der Waals surface area contributed by atoms with Gasteiger partial charge in [0.25, 0.3) is 0 Å². The van der Waals surface area contributed by atoms with E-state index in [0.717, 1.165) is 36.0 Å². The summed E-state index contributed by atoms with van der Waals surface area (Å²) >= 11 is 0. The molecule has 0 aromatic carbocycles. The normalized spacial score (nSPS) is 30.5. The fraction of sp³-hybridized carbons (Fsp3) is 0.600. The first-order valence-electron chi connectivity index (χ1n) is 6.89. The van der Waals surface area contributed by atoms with Crippen molar-refractivity contribution in [2.75, 3.05) is 13.2 Å². The van der Waals surface area contributed by atoms with Crippen LogP contribution in [0, 0.1) is 5.41 Å². The zero-order chi connectivity index (χ0) is 13.5. The van der Waals surface area contributed by atoms with Crippen molar-refractivity contribution in [3.05, 3.63) is 22.8 Å². The van der Waals surface area contributed by atoms with Crippen LogP contribution in [0.1, 0.15) is 38.5 Å². The predicted molar refractivity (Wildman–Crippen MR) is 68.3 cm³/mol. The summed E-state index contributed by atoms with van der Waals surface area (Å²) in [4.78, 5) is 24.1. The summed E-state index contributed by atoms with van der Waals surface area (Å²) in [5, 5.41) is 9.19. The number of carbonyl (C=O) groups excluding carboxylic acids is 2. The number of rotatable bonds is 3. The Bertz CT molecular complexity index is 500. The molecule has 1 aliphatic heterocycles. The van der Waals surface area contributed by atoms with Crippen molar-refractivity contribution in [2.24, 2.45) is 5.41 Å². The van der Waals surface area contributed by atoms with Crippen LogP contribution in [0.3, 0.4) is 0 Å². The second-order valence-electron chi connectivity index (χ2n) is 5.70. The second kappa shape index (κ2) is 4.60.